The third-order valence-corrected chi connectivity index (χ3v) is 6.37. The van der Waals surface area contributed by atoms with Gasteiger partial charge in [-0.2, -0.15) is 0 Å². The second-order valence-corrected chi connectivity index (χ2v) is 8.11. The summed E-state index contributed by atoms with van der Waals surface area (Å²) in [6.07, 6.45) is 0. The number of ether oxygens (including phenoxy) is 1. The SMILES string of the molecule is O=C(c1sc(N2CCOCC2)nc1-c1ccc(F)cc1)c1cccc2ccccc12. The van der Waals surface area contributed by atoms with Crippen molar-refractivity contribution in [3.8, 4) is 11.3 Å². The van der Waals surface area contributed by atoms with Crippen molar-refractivity contribution in [2.75, 3.05) is 31.2 Å². The van der Waals surface area contributed by atoms with Crippen LogP contribution in [0.15, 0.2) is 66.7 Å². The summed E-state index contributed by atoms with van der Waals surface area (Å²) in [5, 5.41) is 2.72. The predicted octanol–water partition coefficient (Wildman–Crippen LogP) is 5.17. The Bertz CT molecular complexity index is 1210. The molecule has 0 aliphatic carbocycles. The number of carbonyl (C=O) groups excluding carboxylic acids is 1. The van der Waals surface area contributed by atoms with Gasteiger partial charge in [-0.1, -0.05) is 53.8 Å². The highest BCUT2D eigenvalue weighted by Gasteiger charge is 2.25. The maximum Gasteiger partial charge on any atom is 0.205 e. The summed E-state index contributed by atoms with van der Waals surface area (Å²) in [5.74, 6) is -0.382. The Labute approximate surface area is 177 Å². The third kappa shape index (κ3) is 3.49. The molecule has 1 aromatic heterocycles. The van der Waals surface area contributed by atoms with E-state index in [1.54, 1.807) is 12.1 Å². The van der Waals surface area contributed by atoms with Gasteiger partial charge in [0.25, 0.3) is 0 Å². The average Bonchev–Trinajstić information content (AvgIpc) is 3.25. The molecule has 4 aromatic rings. The minimum absolute atomic E-state index is 0.0665. The molecule has 0 saturated carbocycles. The molecule has 0 atom stereocenters. The molecule has 30 heavy (non-hydrogen) atoms. The molecule has 1 aliphatic heterocycles. The lowest BCUT2D eigenvalue weighted by Gasteiger charge is -2.26. The molecule has 4 nitrogen and oxygen atoms in total. The summed E-state index contributed by atoms with van der Waals surface area (Å²) in [5.41, 5.74) is 1.98. The normalized spacial score (nSPS) is 14.2. The van der Waals surface area contributed by atoms with Crippen LogP contribution >= 0.6 is 11.3 Å². The number of benzene rings is 3. The summed E-state index contributed by atoms with van der Waals surface area (Å²) in [6.45, 7) is 2.74. The van der Waals surface area contributed by atoms with Gasteiger partial charge < -0.3 is 9.64 Å². The largest absolute Gasteiger partial charge is 0.378 e. The fourth-order valence-electron chi connectivity index (χ4n) is 3.70. The van der Waals surface area contributed by atoms with Gasteiger partial charge in [-0.15, -0.1) is 0 Å². The Morgan fingerprint density at radius 2 is 1.70 bits per heavy atom. The lowest BCUT2D eigenvalue weighted by molar-refractivity contribution is 0.104. The van der Waals surface area contributed by atoms with E-state index in [0.717, 1.165) is 34.6 Å². The maximum absolute atomic E-state index is 13.7. The summed E-state index contributed by atoms with van der Waals surface area (Å²) >= 11 is 1.39. The van der Waals surface area contributed by atoms with E-state index in [-0.39, 0.29) is 11.6 Å². The third-order valence-electron chi connectivity index (χ3n) is 5.26. The van der Waals surface area contributed by atoms with E-state index in [9.17, 15) is 9.18 Å². The molecular formula is C24H19FN2O2S. The Morgan fingerprint density at radius 1 is 0.967 bits per heavy atom. The van der Waals surface area contributed by atoms with Gasteiger partial charge in [-0.3, -0.25) is 4.79 Å². The van der Waals surface area contributed by atoms with E-state index in [1.807, 2.05) is 42.5 Å². The molecule has 0 unspecified atom stereocenters. The molecule has 1 saturated heterocycles. The van der Waals surface area contributed by atoms with Crippen LogP contribution in [0.5, 0.6) is 0 Å². The molecule has 0 N–H and O–H groups in total. The minimum Gasteiger partial charge on any atom is -0.378 e. The van der Waals surface area contributed by atoms with Crippen LogP contribution < -0.4 is 4.90 Å². The van der Waals surface area contributed by atoms with E-state index >= 15 is 0 Å². The van der Waals surface area contributed by atoms with Gasteiger partial charge in [0.1, 0.15) is 10.7 Å². The second kappa shape index (κ2) is 7.97. The monoisotopic (exact) mass is 418 g/mol. The molecule has 5 rings (SSSR count). The molecule has 1 fully saturated rings. The van der Waals surface area contributed by atoms with E-state index in [1.165, 1.54) is 23.5 Å². The number of fused-ring (bicyclic) bond motifs is 1. The van der Waals surface area contributed by atoms with Gasteiger partial charge >= 0.3 is 0 Å². The number of carbonyl (C=O) groups is 1. The Hall–Kier alpha value is -3.09. The lowest BCUT2D eigenvalue weighted by Crippen LogP contribution is -2.36. The number of hydrogen-bond acceptors (Lipinski definition) is 5. The van der Waals surface area contributed by atoms with Gasteiger partial charge in [0, 0.05) is 24.2 Å². The highest BCUT2D eigenvalue weighted by molar-refractivity contribution is 7.18. The Kier molecular flexibility index (Phi) is 5.02. The number of thiazole rings is 1. The van der Waals surface area contributed by atoms with E-state index in [0.29, 0.717) is 29.3 Å². The molecular weight excluding hydrogens is 399 g/mol. The van der Waals surface area contributed by atoms with Gasteiger partial charge in [0.2, 0.25) is 5.78 Å². The molecule has 6 heteroatoms. The molecule has 0 amide bonds. The number of anilines is 1. The molecule has 0 spiro atoms. The summed E-state index contributed by atoms with van der Waals surface area (Å²) in [4.78, 5) is 21.2. The topological polar surface area (TPSA) is 42.4 Å². The number of ketones is 1. The first-order valence-electron chi connectivity index (χ1n) is 9.82. The van der Waals surface area contributed by atoms with Crippen LogP contribution in [0.1, 0.15) is 15.2 Å². The van der Waals surface area contributed by atoms with Crippen molar-refractivity contribution in [2.24, 2.45) is 0 Å². The fourth-order valence-corrected chi connectivity index (χ4v) is 4.80. The number of nitrogens with zero attached hydrogens (tertiary/aromatic N) is 2. The first-order valence-corrected chi connectivity index (χ1v) is 10.6. The van der Waals surface area contributed by atoms with Crippen LogP contribution in [0.25, 0.3) is 22.0 Å². The molecule has 0 bridgehead atoms. The number of aromatic nitrogens is 1. The van der Waals surface area contributed by atoms with E-state index < -0.39 is 0 Å². The smallest absolute Gasteiger partial charge is 0.205 e. The highest BCUT2D eigenvalue weighted by atomic mass is 32.1. The van der Waals surface area contributed by atoms with Crippen LogP contribution in [0.3, 0.4) is 0 Å². The molecule has 150 valence electrons. The maximum atomic E-state index is 13.7. The standard InChI is InChI=1S/C24H19FN2O2S/c25-18-10-8-17(9-11-18)21-23(30-24(26-21)27-12-14-29-15-13-27)22(28)20-7-3-5-16-4-1-2-6-19(16)20/h1-11H,12-15H2. The van der Waals surface area contributed by atoms with Crippen molar-refractivity contribution in [3.63, 3.8) is 0 Å². The molecule has 3 aromatic carbocycles. The number of halogens is 1. The van der Waals surface area contributed by atoms with Crippen LogP contribution in [-0.2, 0) is 4.74 Å². The first kappa shape index (κ1) is 18.9. The van der Waals surface area contributed by atoms with Crippen LogP contribution in [0.2, 0.25) is 0 Å². The minimum atomic E-state index is -0.315. The lowest BCUT2D eigenvalue weighted by atomic mass is 9.99. The van der Waals surface area contributed by atoms with Crippen molar-refractivity contribution in [1.82, 2.24) is 4.98 Å². The zero-order valence-electron chi connectivity index (χ0n) is 16.2. The molecule has 2 heterocycles. The van der Waals surface area contributed by atoms with Crippen molar-refractivity contribution in [3.05, 3.63) is 83.0 Å². The van der Waals surface area contributed by atoms with Crippen molar-refractivity contribution < 1.29 is 13.9 Å². The van der Waals surface area contributed by atoms with E-state index in [4.69, 9.17) is 9.72 Å². The Morgan fingerprint density at radius 3 is 2.50 bits per heavy atom. The summed E-state index contributed by atoms with van der Waals surface area (Å²) < 4.78 is 18.9. The predicted molar refractivity (Wildman–Crippen MR) is 118 cm³/mol. The number of hydrogen-bond donors (Lipinski definition) is 0. The van der Waals surface area contributed by atoms with Gasteiger partial charge in [0.05, 0.1) is 18.9 Å². The van der Waals surface area contributed by atoms with Crippen LogP contribution in [-0.4, -0.2) is 37.1 Å². The first-order chi connectivity index (χ1) is 14.7. The second-order valence-electron chi connectivity index (χ2n) is 7.14. The van der Waals surface area contributed by atoms with Crippen LogP contribution in [0.4, 0.5) is 9.52 Å². The highest BCUT2D eigenvalue weighted by Crippen LogP contribution is 2.36. The zero-order chi connectivity index (χ0) is 20.5. The van der Waals surface area contributed by atoms with Crippen molar-refractivity contribution >= 4 is 33.0 Å². The number of rotatable bonds is 4. The number of morpholine rings is 1. The van der Waals surface area contributed by atoms with Crippen molar-refractivity contribution in [1.29, 1.82) is 0 Å². The van der Waals surface area contributed by atoms with Gasteiger partial charge in [-0.25, -0.2) is 9.37 Å². The summed E-state index contributed by atoms with van der Waals surface area (Å²) in [7, 11) is 0. The van der Waals surface area contributed by atoms with Crippen molar-refractivity contribution in [2.45, 2.75) is 0 Å². The Balaban J connectivity index is 1.64. The summed E-state index contributed by atoms with van der Waals surface area (Å²) in [6, 6.07) is 19.8. The fraction of sp³-hybridized carbons (Fsp3) is 0.167. The van der Waals surface area contributed by atoms with E-state index in [2.05, 4.69) is 4.90 Å². The zero-order valence-corrected chi connectivity index (χ0v) is 17.0. The van der Waals surface area contributed by atoms with Gasteiger partial charge in [-0.05, 0) is 35.0 Å². The van der Waals surface area contributed by atoms with Gasteiger partial charge in [0.15, 0.2) is 5.13 Å². The quantitative estimate of drug-likeness (QED) is 0.429. The van der Waals surface area contributed by atoms with Crippen LogP contribution in [0, 0.1) is 5.82 Å². The molecule has 1 aliphatic rings. The average molecular weight is 418 g/mol. The molecule has 0 radical (unpaired) electrons.